The SMILES string of the molecule is COc1cccc(CC(CN)Cc2cccc(Br)c2)c1F. The molecule has 2 rings (SSSR count). The lowest BCUT2D eigenvalue weighted by Gasteiger charge is -2.16. The predicted molar refractivity (Wildman–Crippen MR) is 87.0 cm³/mol. The van der Waals surface area contributed by atoms with Crippen molar-refractivity contribution >= 4 is 15.9 Å². The van der Waals surface area contributed by atoms with Gasteiger partial charge in [-0.15, -0.1) is 0 Å². The standard InChI is InChI=1S/C17H19BrFNO/c1-21-16-7-3-5-14(17(16)19)9-13(11-20)8-12-4-2-6-15(18)10-12/h2-7,10,13H,8-9,11,20H2,1H3. The van der Waals surface area contributed by atoms with Gasteiger partial charge in [0.05, 0.1) is 7.11 Å². The van der Waals surface area contributed by atoms with Crippen LogP contribution >= 0.6 is 15.9 Å². The van der Waals surface area contributed by atoms with Crippen LogP contribution in [0.15, 0.2) is 46.9 Å². The maximum Gasteiger partial charge on any atom is 0.168 e. The summed E-state index contributed by atoms with van der Waals surface area (Å²) in [5.74, 6) is 0.194. The first-order chi connectivity index (χ1) is 10.1. The summed E-state index contributed by atoms with van der Waals surface area (Å²) in [6.45, 7) is 0.517. The fourth-order valence-corrected chi connectivity index (χ4v) is 2.87. The number of methoxy groups -OCH3 is 1. The highest BCUT2D eigenvalue weighted by Crippen LogP contribution is 2.24. The molecule has 0 radical (unpaired) electrons. The zero-order valence-electron chi connectivity index (χ0n) is 12.0. The number of benzene rings is 2. The van der Waals surface area contributed by atoms with Crippen LogP contribution in [0.4, 0.5) is 4.39 Å². The third-order valence-electron chi connectivity index (χ3n) is 3.52. The molecule has 0 saturated heterocycles. The molecule has 0 spiro atoms. The van der Waals surface area contributed by atoms with Crippen LogP contribution in [-0.2, 0) is 12.8 Å². The van der Waals surface area contributed by atoms with Crippen molar-refractivity contribution in [2.75, 3.05) is 13.7 Å². The van der Waals surface area contributed by atoms with Gasteiger partial charge in [-0.3, -0.25) is 0 Å². The summed E-state index contributed by atoms with van der Waals surface area (Å²) in [6.07, 6.45) is 1.43. The van der Waals surface area contributed by atoms with E-state index in [-0.39, 0.29) is 17.5 Å². The maximum atomic E-state index is 14.2. The van der Waals surface area contributed by atoms with E-state index < -0.39 is 0 Å². The molecule has 21 heavy (non-hydrogen) atoms. The number of nitrogens with two attached hydrogens (primary N) is 1. The molecule has 0 saturated carbocycles. The Bertz CT molecular complexity index is 603. The van der Waals surface area contributed by atoms with Crippen LogP contribution in [0.25, 0.3) is 0 Å². The highest BCUT2D eigenvalue weighted by molar-refractivity contribution is 9.10. The first-order valence-electron chi connectivity index (χ1n) is 6.90. The normalized spacial score (nSPS) is 12.2. The van der Waals surface area contributed by atoms with Crippen molar-refractivity contribution in [2.45, 2.75) is 12.8 Å². The number of ether oxygens (including phenoxy) is 1. The Balaban J connectivity index is 2.12. The van der Waals surface area contributed by atoms with E-state index in [1.165, 1.54) is 12.7 Å². The molecule has 2 aromatic carbocycles. The van der Waals surface area contributed by atoms with E-state index in [0.29, 0.717) is 18.5 Å². The second-order valence-corrected chi connectivity index (χ2v) is 5.99. The lowest BCUT2D eigenvalue weighted by Crippen LogP contribution is -2.20. The third kappa shape index (κ3) is 4.29. The van der Waals surface area contributed by atoms with Gasteiger partial charge in [0.1, 0.15) is 0 Å². The predicted octanol–water partition coefficient (Wildman–Crippen LogP) is 3.96. The van der Waals surface area contributed by atoms with Gasteiger partial charge in [-0.1, -0.05) is 40.2 Å². The minimum Gasteiger partial charge on any atom is -0.494 e. The fraction of sp³-hybridized carbons (Fsp3) is 0.294. The minimum atomic E-state index is -0.285. The molecule has 1 unspecified atom stereocenters. The first-order valence-corrected chi connectivity index (χ1v) is 7.69. The topological polar surface area (TPSA) is 35.2 Å². The molecule has 2 nitrogen and oxygen atoms in total. The summed E-state index contributed by atoms with van der Waals surface area (Å²) in [7, 11) is 1.48. The Labute approximate surface area is 133 Å². The third-order valence-corrected chi connectivity index (χ3v) is 4.01. The van der Waals surface area contributed by atoms with Gasteiger partial charge in [0.15, 0.2) is 11.6 Å². The van der Waals surface area contributed by atoms with Crippen molar-refractivity contribution in [3.63, 3.8) is 0 Å². The van der Waals surface area contributed by atoms with E-state index in [2.05, 4.69) is 28.1 Å². The van der Waals surface area contributed by atoms with Crippen LogP contribution in [0.3, 0.4) is 0 Å². The quantitative estimate of drug-likeness (QED) is 0.854. The van der Waals surface area contributed by atoms with Crippen molar-refractivity contribution in [3.8, 4) is 5.75 Å². The molecule has 0 aliphatic heterocycles. The van der Waals surface area contributed by atoms with Gasteiger partial charge in [-0.05, 0) is 54.6 Å². The van der Waals surface area contributed by atoms with Crippen LogP contribution in [0.2, 0.25) is 0 Å². The van der Waals surface area contributed by atoms with Crippen molar-refractivity contribution < 1.29 is 9.13 Å². The summed E-state index contributed by atoms with van der Waals surface area (Å²) in [5, 5.41) is 0. The van der Waals surface area contributed by atoms with Gasteiger partial charge < -0.3 is 10.5 Å². The second kappa shape index (κ2) is 7.57. The molecule has 0 amide bonds. The van der Waals surface area contributed by atoms with E-state index in [9.17, 15) is 4.39 Å². The number of halogens is 2. The summed E-state index contributed by atoms with van der Waals surface area (Å²) >= 11 is 3.46. The fourth-order valence-electron chi connectivity index (χ4n) is 2.42. The van der Waals surface area contributed by atoms with Crippen LogP contribution in [0, 0.1) is 11.7 Å². The van der Waals surface area contributed by atoms with Gasteiger partial charge in [-0.25, -0.2) is 4.39 Å². The smallest absolute Gasteiger partial charge is 0.168 e. The Morgan fingerprint density at radius 3 is 2.62 bits per heavy atom. The van der Waals surface area contributed by atoms with Gasteiger partial charge in [0.2, 0.25) is 0 Å². The molecular formula is C17H19BrFNO. The molecule has 0 bridgehead atoms. The molecule has 0 aromatic heterocycles. The summed E-state index contributed by atoms with van der Waals surface area (Å²) < 4.78 is 20.3. The van der Waals surface area contributed by atoms with E-state index in [4.69, 9.17) is 10.5 Å². The summed E-state index contributed by atoms with van der Waals surface area (Å²) in [6, 6.07) is 13.4. The Kier molecular flexibility index (Phi) is 5.76. The van der Waals surface area contributed by atoms with Gasteiger partial charge in [-0.2, -0.15) is 0 Å². The summed E-state index contributed by atoms with van der Waals surface area (Å²) in [5.41, 5.74) is 7.71. The van der Waals surface area contributed by atoms with Crippen LogP contribution in [0.1, 0.15) is 11.1 Å². The van der Waals surface area contributed by atoms with E-state index in [1.54, 1.807) is 12.1 Å². The molecule has 2 N–H and O–H groups in total. The molecule has 0 aliphatic carbocycles. The van der Waals surface area contributed by atoms with Crippen LogP contribution in [-0.4, -0.2) is 13.7 Å². The van der Waals surface area contributed by atoms with E-state index in [1.807, 2.05) is 18.2 Å². The Morgan fingerprint density at radius 2 is 1.95 bits per heavy atom. The van der Waals surface area contributed by atoms with Crippen molar-refractivity contribution in [3.05, 3.63) is 63.9 Å². The highest BCUT2D eigenvalue weighted by Gasteiger charge is 2.14. The molecule has 0 fully saturated rings. The zero-order chi connectivity index (χ0) is 15.2. The average Bonchev–Trinajstić information content (AvgIpc) is 2.48. The van der Waals surface area contributed by atoms with Gasteiger partial charge >= 0.3 is 0 Å². The maximum absolute atomic E-state index is 14.2. The molecule has 4 heteroatoms. The minimum absolute atomic E-state index is 0.195. The molecular weight excluding hydrogens is 333 g/mol. The first kappa shape index (κ1) is 16.0. The van der Waals surface area contributed by atoms with Crippen molar-refractivity contribution in [2.24, 2.45) is 11.7 Å². The van der Waals surface area contributed by atoms with E-state index in [0.717, 1.165) is 10.9 Å². The van der Waals surface area contributed by atoms with Crippen molar-refractivity contribution in [1.82, 2.24) is 0 Å². The number of rotatable bonds is 6. The molecule has 0 aliphatic rings. The highest BCUT2D eigenvalue weighted by atomic mass is 79.9. The van der Waals surface area contributed by atoms with E-state index >= 15 is 0 Å². The number of hydrogen-bond acceptors (Lipinski definition) is 2. The Morgan fingerprint density at radius 1 is 1.19 bits per heavy atom. The molecule has 2 aromatic rings. The van der Waals surface area contributed by atoms with Gasteiger partial charge in [0, 0.05) is 4.47 Å². The number of hydrogen-bond donors (Lipinski definition) is 1. The largest absolute Gasteiger partial charge is 0.494 e. The summed E-state index contributed by atoms with van der Waals surface area (Å²) in [4.78, 5) is 0. The Hall–Kier alpha value is -1.39. The lowest BCUT2D eigenvalue weighted by molar-refractivity contribution is 0.382. The zero-order valence-corrected chi connectivity index (χ0v) is 13.6. The van der Waals surface area contributed by atoms with Gasteiger partial charge in [0.25, 0.3) is 0 Å². The average molecular weight is 352 g/mol. The van der Waals surface area contributed by atoms with Crippen LogP contribution in [0.5, 0.6) is 5.75 Å². The van der Waals surface area contributed by atoms with Crippen molar-refractivity contribution in [1.29, 1.82) is 0 Å². The molecule has 1 atom stereocenters. The molecule has 0 heterocycles. The molecule has 112 valence electrons. The second-order valence-electron chi connectivity index (χ2n) is 5.07. The monoisotopic (exact) mass is 351 g/mol. The lowest BCUT2D eigenvalue weighted by atomic mass is 9.92. The van der Waals surface area contributed by atoms with Crippen LogP contribution < -0.4 is 10.5 Å².